The summed E-state index contributed by atoms with van der Waals surface area (Å²) in [6, 6.07) is 0. The number of aliphatic hydroxyl groups excluding tert-OH is 1. The van der Waals surface area contributed by atoms with Gasteiger partial charge in [-0.2, -0.15) is 0 Å². The molecule has 0 aromatic carbocycles. The standard InChI is InChI=1S/C16H26N4O2/c1-12-8-17-15(18-12)11-19-5-6-20(10-14(21)9-19)16(22)7-13-3-2-4-13/h8,13-14,21H,2-7,9-11H2,1H3,(H,17,18)/t14-/m1/s1. The van der Waals surface area contributed by atoms with Crippen molar-refractivity contribution in [3.63, 3.8) is 0 Å². The van der Waals surface area contributed by atoms with Crippen molar-refractivity contribution in [3.8, 4) is 0 Å². The number of carbonyl (C=O) groups is 1. The van der Waals surface area contributed by atoms with Crippen LogP contribution in [0.15, 0.2) is 6.20 Å². The number of amides is 1. The number of imidazole rings is 1. The van der Waals surface area contributed by atoms with Crippen molar-refractivity contribution in [2.75, 3.05) is 26.2 Å². The molecule has 0 bridgehead atoms. The summed E-state index contributed by atoms with van der Waals surface area (Å²) in [5, 5.41) is 10.2. The highest BCUT2D eigenvalue weighted by Gasteiger charge is 2.28. The van der Waals surface area contributed by atoms with E-state index in [9.17, 15) is 9.90 Å². The van der Waals surface area contributed by atoms with Crippen molar-refractivity contribution in [3.05, 3.63) is 17.7 Å². The second-order valence-corrected chi connectivity index (χ2v) is 6.74. The van der Waals surface area contributed by atoms with Gasteiger partial charge in [0.15, 0.2) is 0 Å². The number of carbonyl (C=O) groups excluding carboxylic acids is 1. The molecular formula is C16H26N4O2. The number of β-amino-alcohol motifs (C(OH)–C–C–N with tert-alkyl or cyclic N) is 1. The molecule has 0 spiro atoms. The van der Waals surface area contributed by atoms with E-state index >= 15 is 0 Å². The van der Waals surface area contributed by atoms with Gasteiger partial charge in [0, 0.05) is 44.5 Å². The third kappa shape index (κ3) is 3.87. The number of hydrogen-bond acceptors (Lipinski definition) is 4. The quantitative estimate of drug-likeness (QED) is 0.867. The molecule has 6 nitrogen and oxygen atoms in total. The van der Waals surface area contributed by atoms with Crippen LogP contribution in [0.4, 0.5) is 0 Å². The maximum absolute atomic E-state index is 12.3. The van der Waals surface area contributed by atoms with Gasteiger partial charge in [0.05, 0.1) is 12.6 Å². The minimum Gasteiger partial charge on any atom is -0.390 e. The predicted octanol–water partition coefficient (Wildman–Crippen LogP) is 0.913. The Morgan fingerprint density at radius 3 is 2.86 bits per heavy atom. The lowest BCUT2D eigenvalue weighted by molar-refractivity contribution is -0.133. The van der Waals surface area contributed by atoms with Crippen LogP contribution < -0.4 is 0 Å². The number of aromatic nitrogens is 2. The molecule has 0 unspecified atom stereocenters. The smallest absolute Gasteiger partial charge is 0.222 e. The highest BCUT2D eigenvalue weighted by atomic mass is 16.3. The van der Waals surface area contributed by atoms with E-state index < -0.39 is 6.10 Å². The SMILES string of the molecule is Cc1cnc(CN2CCN(C(=O)CC3CCC3)C[C@H](O)C2)[nH]1. The van der Waals surface area contributed by atoms with Gasteiger partial charge >= 0.3 is 0 Å². The zero-order valence-corrected chi connectivity index (χ0v) is 13.3. The van der Waals surface area contributed by atoms with Crippen molar-refractivity contribution in [2.45, 2.75) is 45.3 Å². The molecule has 2 heterocycles. The van der Waals surface area contributed by atoms with E-state index in [4.69, 9.17) is 0 Å². The molecule has 1 saturated heterocycles. The lowest BCUT2D eigenvalue weighted by Crippen LogP contribution is -2.39. The van der Waals surface area contributed by atoms with Crippen molar-refractivity contribution < 1.29 is 9.90 Å². The Balaban J connectivity index is 1.53. The summed E-state index contributed by atoms with van der Waals surface area (Å²) in [4.78, 5) is 23.9. The molecule has 1 saturated carbocycles. The monoisotopic (exact) mass is 306 g/mol. The van der Waals surface area contributed by atoms with Crippen molar-refractivity contribution in [1.82, 2.24) is 19.8 Å². The molecule has 1 amide bonds. The van der Waals surface area contributed by atoms with Crippen LogP contribution in [0.5, 0.6) is 0 Å². The number of H-pyrrole nitrogens is 1. The van der Waals surface area contributed by atoms with Gasteiger partial charge in [-0.25, -0.2) is 4.98 Å². The fraction of sp³-hybridized carbons (Fsp3) is 0.750. The normalized spacial score (nSPS) is 24.1. The van der Waals surface area contributed by atoms with E-state index in [0.717, 1.165) is 18.1 Å². The molecule has 0 radical (unpaired) electrons. The van der Waals surface area contributed by atoms with Gasteiger partial charge in [0.2, 0.25) is 5.91 Å². The van der Waals surface area contributed by atoms with Crippen LogP contribution >= 0.6 is 0 Å². The number of nitrogens with zero attached hydrogens (tertiary/aromatic N) is 3. The minimum absolute atomic E-state index is 0.208. The first-order valence-electron chi connectivity index (χ1n) is 8.29. The predicted molar refractivity (Wildman–Crippen MR) is 83.1 cm³/mol. The largest absolute Gasteiger partial charge is 0.390 e. The zero-order valence-electron chi connectivity index (χ0n) is 13.3. The van der Waals surface area contributed by atoms with Crippen molar-refractivity contribution in [1.29, 1.82) is 0 Å². The summed E-state index contributed by atoms with van der Waals surface area (Å²) in [6.45, 7) is 5.20. The van der Waals surface area contributed by atoms with Crippen molar-refractivity contribution in [2.24, 2.45) is 5.92 Å². The summed E-state index contributed by atoms with van der Waals surface area (Å²) in [7, 11) is 0. The van der Waals surface area contributed by atoms with E-state index in [-0.39, 0.29) is 5.91 Å². The van der Waals surface area contributed by atoms with Gasteiger partial charge in [-0.3, -0.25) is 9.69 Å². The number of hydrogen-bond donors (Lipinski definition) is 2. The Morgan fingerprint density at radius 2 is 2.23 bits per heavy atom. The summed E-state index contributed by atoms with van der Waals surface area (Å²) >= 11 is 0. The van der Waals surface area contributed by atoms with Gasteiger partial charge in [-0.1, -0.05) is 6.42 Å². The first-order chi connectivity index (χ1) is 10.6. The average molecular weight is 306 g/mol. The highest BCUT2D eigenvalue weighted by molar-refractivity contribution is 5.76. The minimum atomic E-state index is -0.483. The number of aliphatic hydroxyl groups is 1. The van der Waals surface area contributed by atoms with Crippen LogP contribution in [0.25, 0.3) is 0 Å². The molecule has 22 heavy (non-hydrogen) atoms. The van der Waals surface area contributed by atoms with Crippen LogP contribution in [0, 0.1) is 12.8 Å². The lowest BCUT2D eigenvalue weighted by Gasteiger charge is -2.28. The maximum atomic E-state index is 12.3. The molecule has 2 N–H and O–H groups in total. The van der Waals surface area contributed by atoms with Gasteiger partial charge in [0.25, 0.3) is 0 Å². The van der Waals surface area contributed by atoms with E-state index in [2.05, 4.69) is 14.9 Å². The molecule has 1 atom stereocenters. The van der Waals surface area contributed by atoms with E-state index in [1.54, 1.807) is 0 Å². The molecule has 122 valence electrons. The molecule has 6 heteroatoms. The second kappa shape index (κ2) is 6.79. The van der Waals surface area contributed by atoms with Crippen molar-refractivity contribution >= 4 is 5.91 Å². The molecule has 1 aromatic heterocycles. The first-order valence-corrected chi connectivity index (χ1v) is 8.29. The Hall–Kier alpha value is -1.40. The number of nitrogens with one attached hydrogen (secondary N) is 1. The third-order valence-electron chi connectivity index (χ3n) is 4.76. The Kier molecular flexibility index (Phi) is 4.78. The van der Waals surface area contributed by atoms with E-state index in [1.165, 1.54) is 19.3 Å². The van der Waals surface area contributed by atoms with Crippen LogP contribution in [-0.2, 0) is 11.3 Å². The lowest BCUT2D eigenvalue weighted by atomic mass is 9.82. The number of aromatic amines is 1. The fourth-order valence-corrected chi connectivity index (χ4v) is 3.26. The number of aryl methyl sites for hydroxylation is 1. The molecule has 2 fully saturated rings. The number of rotatable bonds is 4. The van der Waals surface area contributed by atoms with E-state index in [0.29, 0.717) is 38.5 Å². The van der Waals surface area contributed by atoms with Gasteiger partial charge in [-0.15, -0.1) is 0 Å². The second-order valence-electron chi connectivity index (χ2n) is 6.74. The zero-order chi connectivity index (χ0) is 15.5. The molecule has 1 aliphatic carbocycles. The summed E-state index contributed by atoms with van der Waals surface area (Å²) < 4.78 is 0. The van der Waals surface area contributed by atoms with Crippen LogP contribution in [0.1, 0.15) is 37.2 Å². The molecule has 1 aromatic rings. The van der Waals surface area contributed by atoms with Crippen LogP contribution in [0.3, 0.4) is 0 Å². The molecule has 3 rings (SSSR count). The fourth-order valence-electron chi connectivity index (χ4n) is 3.26. The third-order valence-corrected chi connectivity index (χ3v) is 4.76. The maximum Gasteiger partial charge on any atom is 0.222 e. The molecule has 2 aliphatic rings. The Morgan fingerprint density at radius 1 is 1.41 bits per heavy atom. The van der Waals surface area contributed by atoms with E-state index in [1.807, 2.05) is 18.0 Å². The van der Waals surface area contributed by atoms with Gasteiger partial charge in [0.1, 0.15) is 5.82 Å². The summed E-state index contributed by atoms with van der Waals surface area (Å²) in [6.07, 6.45) is 5.63. The summed E-state index contributed by atoms with van der Waals surface area (Å²) in [5.74, 6) is 1.70. The Labute approximate surface area is 131 Å². The van der Waals surface area contributed by atoms with Gasteiger partial charge < -0.3 is 15.0 Å². The molecular weight excluding hydrogens is 280 g/mol. The Bertz CT molecular complexity index is 512. The summed E-state index contributed by atoms with van der Waals surface area (Å²) in [5.41, 5.74) is 1.04. The van der Waals surface area contributed by atoms with Gasteiger partial charge in [-0.05, 0) is 25.7 Å². The topological polar surface area (TPSA) is 72.5 Å². The average Bonchev–Trinajstić information content (AvgIpc) is 2.73. The highest BCUT2D eigenvalue weighted by Crippen LogP contribution is 2.30. The van der Waals surface area contributed by atoms with Crippen LogP contribution in [0.2, 0.25) is 0 Å². The first kappa shape index (κ1) is 15.5. The molecule has 1 aliphatic heterocycles. The van der Waals surface area contributed by atoms with Crippen LogP contribution in [-0.4, -0.2) is 63.1 Å².